The quantitative estimate of drug-likeness (QED) is 0.812. The molecule has 2 atom stereocenters. The second-order valence-electron chi connectivity index (χ2n) is 5.58. The lowest BCUT2D eigenvalue weighted by Gasteiger charge is -2.31. The molecule has 0 bridgehead atoms. The van der Waals surface area contributed by atoms with Gasteiger partial charge >= 0.3 is 6.61 Å². The average Bonchev–Trinajstić information content (AvgIpc) is 2.53. The Hall–Kier alpha value is -1.40. The summed E-state index contributed by atoms with van der Waals surface area (Å²) in [5.41, 5.74) is 0.931. The van der Waals surface area contributed by atoms with E-state index in [9.17, 15) is 13.9 Å². The molecule has 0 heterocycles. The first-order chi connectivity index (χ1) is 10.6. The van der Waals surface area contributed by atoms with Crippen molar-refractivity contribution in [1.29, 1.82) is 0 Å². The summed E-state index contributed by atoms with van der Waals surface area (Å²) in [5.74, 6) is 0.617. The van der Waals surface area contributed by atoms with Crippen LogP contribution in [0.2, 0.25) is 0 Å². The van der Waals surface area contributed by atoms with Gasteiger partial charge < -0.3 is 19.9 Å². The Morgan fingerprint density at radius 2 is 2.05 bits per heavy atom. The Morgan fingerprint density at radius 3 is 2.73 bits per heavy atom. The number of methoxy groups -OCH3 is 1. The van der Waals surface area contributed by atoms with Gasteiger partial charge in [0.15, 0.2) is 11.5 Å². The number of rotatable bonds is 7. The van der Waals surface area contributed by atoms with Crippen molar-refractivity contribution in [1.82, 2.24) is 5.32 Å². The van der Waals surface area contributed by atoms with Crippen LogP contribution in [-0.4, -0.2) is 31.5 Å². The molecule has 1 aliphatic rings. The van der Waals surface area contributed by atoms with Crippen molar-refractivity contribution in [2.45, 2.75) is 44.9 Å². The van der Waals surface area contributed by atoms with Gasteiger partial charge in [-0.05, 0) is 36.5 Å². The molecule has 22 heavy (non-hydrogen) atoms. The molecular weight excluding hydrogens is 292 g/mol. The minimum absolute atomic E-state index is 0.0344. The molecule has 1 fully saturated rings. The van der Waals surface area contributed by atoms with E-state index in [1.165, 1.54) is 19.6 Å². The summed E-state index contributed by atoms with van der Waals surface area (Å²) in [7, 11) is 1.42. The number of benzene rings is 1. The fraction of sp³-hybridized carbons (Fsp3) is 0.625. The maximum Gasteiger partial charge on any atom is 0.387 e. The zero-order valence-electron chi connectivity index (χ0n) is 12.7. The number of aliphatic hydroxyl groups excluding tert-OH is 1. The zero-order valence-corrected chi connectivity index (χ0v) is 12.7. The van der Waals surface area contributed by atoms with Crippen molar-refractivity contribution >= 4 is 0 Å². The summed E-state index contributed by atoms with van der Waals surface area (Å²) in [6.07, 6.45) is 4.42. The number of aliphatic hydroxyl groups is 1. The van der Waals surface area contributed by atoms with Gasteiger partial charge in [-0.1, -0.05) is 18.9 Å². The van der Waals surface area contributed by atoms with Crippen LogP contribution in [0.1, 0.15) is 31.2 Å². The molecule has 2 N–H and O–H groups in total. The molecule has 124 valence electrons. The van der Waals surface area contributed by atoms with Crippen molar-refractivity contribution in [3.8, 4) is 11.5 Å². The standard InChI is InChI=1S/C16H23F2NO3/c1-21-15-8-11(6-7-14(15)22-16(17)18)9-19-13-5-3-2-4-12(13)10-20/h6-8,12-13,16,19-20H,2-5,9-10H2,1H3. The second-order valence-corrected chi connectivity index (χ2v) is 5.58. The third-order valence-corrected chi connectivity index (χ3v) is 4.16. The van der Waals surface area contributed by atoms with Crippen LogP contribution < -0.4 is 14.8 Å². The van der Waals surface area contributed by atoms with E-state index in [0.717, 1.165) is 24.8 Å². The topological polar surface area (TPSA) is 50.7 Å². The fourth-order valence-corrected chi connectivity index (χ4v) is 2.96. The normalized spacial score (nSPS) is 21.9. The fourth-order valence-electron chi connectivity index (χ4n) is 2.96. The van der Waals surface area contributed by atoms with Crippen LogP contribution in [-0.2, 0) is 6.54 Å². The molecule has 1 saturated carbocycles. The molecule has 0 spiro atoms. The van der Waals surface area contributed by atoms with Crippen molar-refractivity contribution in [3.05, 3.63) is 23.8 Å². The lowest BCUT2D eigenvalue weighted by molar-refractivity contribution is -0.0512. The van der Waals surface area contributed by atoms with Crippen LogP contribution in [0.25, 0.3) is 0 Å². The van der Waals surface area contributed by atoms with Crippen LogP contribution in [0, 0.1) is 5.92 Å². The van der Waals surface area contributed by atoms with E-state index < -0.39 is 6.61 Å². The second kappa shape index (κ2) is 8.29. The van der Waals surface area contributed by atoms with Gasteiger partial charge in [0.05, 0.1) is 7.11 Å². The minimum Gasteiger partial charge on any atom is -0.493 e. The van der Waals surface area contributed by atoms with E-state index in [2.05, 4.69) is 10.1 Å². The van der Waals surface area contributed by atoms with Crippen molar-refractivity contribution in [2.24, 2.45) is 5.92 Å². The number of hydrogen-bond donors (Lipinski definition) is 2. The van der Waals surface area contributed by atoms with E-state index in [1.807, 2.05) is 0 Å². The molecule has 2 unspecified atom stereocenters. The van der Waals surface area contributed by atoms with Crippen LogP contribution in [0.15, 0.2) is 18.2 Å². The summed E-state index contributed by atoms with van der Waals surface area (Å²) >= 11 is 0. The molecular formula is C16H23F2NO3. The summed E-state index contributed by atoms with van der Waals surface area (Å²) in [6, 6.07) is 5.22. The van der Waals surface area contributed by atoms with E-state index in [0.29, 0.717) is 18.3 Å². The molecule has 0 aliphatic heterocycles. The maximum atomic E-state index is 12.3. The highest BCUT2D eigenvalue weighted by molar-refractivity contribution is 5.43. The Labute approximate surface area is 129 Å². The van der Waals surface area contributed by atoms with Crippen LogP contribution in [0.5, 0.6) is 11.5 Å². The van der Waals surface area contributed by atoms with Crippen LogP contribution >= 0.6 is 0 Å². The summed E-state index contributed by atoms with van der Waals surface area (Å²) in [5, 5.41) is 12.9. The zero-order chi connectivity index (χ0) is 15.9. The monoisotopic (exact) mass is 315 g/mol. The van der Waals surface area contributed by atoms with Gasteiger partial charge in [-0.3, -0.25) is 0 Å². The van der Waals surface area contributed by atoms with Crippen molar-refractivity contribution in [2.75, 3.05) is 13.7 Å². The largest absolute Gasteiger partial charge is 0.493 e. The number of alkyl halides is 2. The SMILES string of the molecule is COc1cc(CNC2CCCCC2CO)ccc1OC(F)F. The Bertz CT molecular complexity index is 471. The predicted octanol–water partition coefficient (Wildman–Crippen LogP) is 2.94. The van der Waals surface area contributed by atoms with Crippen LogP contribution in [0.4, 0.5) is 8.78 Å². The Kier molecular flexibility index (Phi) is 6.39. The first kappa shape index (κ1) is 17.0. The predicted molar refractivity (Wildman–Crippen MR) is 79.3 cm³/mol. The third-order valence-electron chi connectivity index (χ3n) is 4.16. The van der Waals surface area contributed by atoms with Gasteiger partial charge in [0, 0.05) is 19.2 Å². The van der Waals surface area contributed by atoms with E-state index in [-0.39, 0.29) is 18.3 Å². The van der Waals surface area contributed by atoms with Gasteiger partial charge in [-0.15, -0.1) is 0 Å². The number of ether oxygens (including phenoxy) is 2. The molecule has 4 nitrogen and oxygen atoms in total. The summed E-state index contributed by atoms with van der Waals surface area (Å²) < 4.78 is 34.1. The smallest absolute Gasteiger partial charge is 0.387 e. The van der Waals surface area contributed by atoms with Gasteiger partial charge in [-0.25, -0.2) is 0 Å². The molecule has 1 aromatic carbocycles. The first-order valence-electron chi connectivity index (χ1n) is 7.60. The molecule has 6 heteroatoms. The minimum atomic E-state index is -2.87. The summed E-state index contributed by atoms with van der Waals surface area (Å²) in [6.45, 7) is -2.07. The number of halogens is 2. The van der Waals surface area contributed by atoms with Crippen molar-refractivity contribution in [3.63, 3.8) is 0 Å². The molecule has 0 radical (unpaired) electrons. The summed E-state index contributed by atoms with van der Waals surface area (Å²) in [4.78, 5) is 0. The average molecular weight is 315 g/mol. The molecule has 0 aromatic heterocycles. The molecule has 1 aromatic rings. The number of hydrogen-bond acceptors (Lipinski definition) is 4. The van der Waals surface area contributed by atoms with Gasteiger partial charge in [-0.2, -0.15) is 8.78 Å². The van der Waals surface area contributed by atoms with Crippen molar-refractivity contribution < 1.29 is 23.4 Å². The molecule has 2 rings (SSSR count). The maximum absolute atomic E-state index is 12.3. The Balaban J connectivity index is 1.97. The van der Waals surface area contributed by atoms with Gasteiger partial charge in [0.1, 0.15) is 0 Å². The lowest BCUT2D eigenvalue weighted by Crippen LogP contribution is -2.39. The highest BCUT2D eigenvalue weighted by atomic mass is 19.3. The first-order valence-corrected chi connectivity index (χ1v) is 7.60. The third kappa shape index (κ3) is 4.55. The van der Waals surface area contributed by atoms with E-state index in [1.54, 1.807) is 12.1 Å². The number of nitrogens with one attached hydrogen (secondary N) is 1. The Morgan fingerprint density at radius 1 is 1.27 bits per heavy atom. The molecule has 1 aliphatic carbocycles. The molecule has 0 amide bonds. The lowest BCUT2D eigenvalue weighted by atomic mass is 9.85. The van der Waals surface area contributed by atoms with Crippen LogP contribution in [0.3, 0.4) is 0 Å². The van der Waals surface area contributed by atoms with Gasteiger partial charge in [0.2, 0.25) is 0 Å². The highest BCUT2D eigenvalue weighted by Gasteiger charge is 2.23. The van der Waals surface area contributed by atoms with E-state index >= 15 is 0 Å². The highest BCUT2D eigenvalue weighted by Crippen LogP contribution is 2.30. The molecule has 0 saturated heterocycles. The van der Waals surface area contributed by atoms with Gasteiger partial charge in [0.25, 0.3) is 0 Å². The van der Waals surface area contributed by atoms with E-state index in [4.69, 9.17) is 4.74 Å².